The molecule has 0 aliphatic carbocycles. The van der Waals surface area contributed by atoms with Crippen LogP contribution in [0.2, 0.25) is 0 Å². The fourth-order valence-corrected chi connectivity index (χ4v) is 3.34. The van der Waals surface area contributed by atoms with E-state index in [1.165, 1.54) is 0 Å². The third-order valence-corrected chi connectivity index (χ3v) is 4.70. The van der Waals surface area contributed by atoms with Gasteiger partial charge in [0.1, 0.15) is 0 Å². The molecule has 1 aliphatic heterocycles. The number of hydrogen-bond acceptors (Lipinski definition) is 2. The summed E-state index contributed by atoms with van der Waals surface area (Å²) >= 11 is 0. The van der Waals surface area contributed by atoms with E-state index in [9.17, 15) is 9.59 Å². The van der Waals surface area contributed by atoms with Crippen LogP contribution in [0.1, 0.15) is 44.7 Å². The van der Waals surface area contributed by atoms with Crippen LogP contribution in [-0.2, 0) is 21.4 Å². The van der Waals surface area contributed by atoms with Gasteiger partial charge in [-0.3, -0.25) is 9.59 Å². The van der Waals surface area contributed by atoms with E-state index >= 15 is 0 Å². The van der Waals surface area contributed by atoms with Gasteiger partial charge in [0.2, 0.25) is 11.8 Å². The number of rotatable bonds is 4. The van der Waals surface area contributed by atoms with Gasteiger partial charge in [0.05, 0.1) is 6.42 Å². The molecule has 1 heterocycles. The molecule has 4 nitrogen and oxygen atoms in total. The summed E-state index contributed by atoms with van der Waals surface area (Å²) in [6.45, 7) is 7.19. The van der Waals surface area contributed by atoms with Crippen LogP contribution in [0.5, 0.6) is 0 Å². The lowest BCUT2D eigenvalue weighted by Gasteiger charge is -2.23. The van der Waals surface area contributed by atoms with Crippen molar-refractivity contribution < 1.29 is 9.59 Å². The lowest BCUT2D eigenvalue weighted by molar-refractivity contribution is -0.117. The first kappa shape index (κ1) is 18.2. The number of benzene rings is 2. The molecule has 1 saturated heterocycles. The number of nitrogens with zero attached hydrogens (tertiary/aromatic N) is 1. The molecule has 0 aromatic heterocycles. The first-order chi connectivity index (χ1) is 12.3. The van der Waals surface area contributed by atoms with Gasteiger partial charge in [-0.15, -0.1) is 0 Å². The SMILES string of the molecule is CC(C)(C)c1ccccc1NC(=O)Cc1ccc(N2CCCC2=O)cc1. The van der Waals surface area contributed by atoms with Crippen molar-refractivity contribution in [1.29, 1.82) is 0 Å². The number of anilines is 2. The Morgan fingerprint density at radius 2 is 1.77 bits per heavy atom. The molecule has 0 spiro atoms. The largest absolute Gasteiger partial charge is 0.326 e. The zero-order valence-electron chi connectivity index (χ0n) is 15.7. The van der Waals surface area contributed by atoms with Gasteiger partial charge < -0.3 is 10.2 Å². The number of amides is 2. The number of carbonyl (C=O) groups is 2. The van der Waals surface area contributed by atoms with E-state index in [2.05, 4.69) is 32.2 Å². The van der Waals surface area contributed by atoms with Crippen molar-refractivity contribution in [1.82, 2.24) is 0 Å². The second-order valence-corrected chi connectivity index (χ2v) is 7.84. The molecule has 0 atom stereocenters. The minimum Gasteiger partial charge on any atom is -0.326 e. The summed E-state index contributed by atoms with van der Waals surface area (Å²) < 4.78 is 0. The second kappa shape index (κ2) is 7.32. The maximum atomic E-state index is 12.5. The molecule has 0 radical (unpaired) electrons. The van der Waals surface area contributed by atoms with Crippen molar-refractivity contribution in [2.45, 2.75) is 45.4 Å². The molecule has 3 rings (SSSR count). The Balaban J connectivity index is 1.67. The van der Waals surface area contributed by atoms with E-state index in [4.69, 9.17) is 0 Å². The van der Waals surface area contributed by atoms with Gasteiger partial charge in [0.25, 0.3) is 0 Å². The Hall–Kier alpha value is -2.62. The number of para-hydroxylation sites is 1. The smallest absolute Gasteiger partial charge is 0.228 e. The molecule has 26 heavy (non-hydrogen) atoms. The molecule has 0 saturated carbocycles. The average molecular weight is 350 g/mol. The van der Waals surface area contributed by atoms with Crippen LogP contribution in [0.3, 0.4) is 0 Å². The quantitative estimate of drug-likeness (QED) is 0.894. The number of hydrogen-bond donors (Lipinski definition) is 1. The fraction of sp³-hybridized carbons (Fsp3) is 0.364. The van der Waals surface area contributed by atoms with Gasteiger partial charge in [-0.2, -0.15) is 0 Å². The lowest BCUT2D eigenvalue weighted by atomic mass is 9.86. The molecule has 2 aromatic carbocycles. The van der Waals surface area contributed by atoms with Gasteiger partial charge in [0.15, 0.2) is 0 Å². The van der Waals surface area contributed by atoms with Crippen LogP contribution >= 0.6 is 0 Å². The topological polar surface area (TPSA) is 49.4 Å². The molecule has 1 fully saturated rings. The highest BCUT2D eigenvalue weighted by Crippen LogP contribution is 2.29. The Morgan fingerprint density at radius 1 is 1.08 bits per heavy atom. The van der Waals surface area contributed by atoms with Crippen molar-refractivity contribution >= 4 is 23.2 Å². The van der Waals surface area contributed by atoms with Gasteiger partial charge in [-0.1, -0.05) is 51.1 Å². The van der Waals surface area contributed by atoms with Gasteiger partial charge in [-0.25, -0.2) is 0 Å². The van der Waals surface area contributed by atoms with Crippen molar-refractivity contribution in [2.75, 3.05) is 16.8 Å². The fourth-order valence-electron chi connectivity index (χ4n) is 3.34. The zero-order chi connectivity index (χ0) is 18.7. The summed E-state index contributed by atoms with van der Waals surface area (Å²) in [5.41, 5.74) is 3.80. The minimum atomic E-state index is -0.0355. The summed E-state index contributed by atoms with van der Waals surface area (Å²) in [4.78, 5) is 26.1. The van der Waals surface area contributed by atoms with E-state index in [1.54, 1.807) is 0 Å². The Kier molecular flexibility index (Phi) is 5.12. The van der Waals surface area contributed by atoms with E-state index in [1.807, 2.05) is 47.4 Å². The highest BCUT2D eigenvalue weighted by atomic mass is 16.2. The van der Waals surface area contributed by atoms with Gasteiger partial charge in [-0.05, 0) is 41.2 Å². The van der Waals surface area contributed by atoms with Gasteiger partial charge >= 0.3 is 0 Å². The third kappa shape index (κ3) is 4.13. The minimum absolute atomic E-state index is 0.0339. The number of nitrogens with one attached hydrogen (secondary N) is 1. The van der Waals surface area contributed by atoms with Crippen molar-refractivity contribution in [3.05, 3.63) is 59.7 Å². The highest BCUT2D eigenvalue weighted by molar-refractivity contribution is 5.95. The molecule has 2 amide bonds. The molecule has 1 aliphatic rings. The average Bonchev–Trinajstić information content (AvgIpc) is 3.01. The standard InChI is InChI=1S/C22H26N2O2/c1-22(2,3)18-7-4-5-8-19(18)23-20(25)15-16-10-12-17(13-11-16)24-14-6-9-21(24)26/h4-5,7-8,10-13H,6,9,14-15H2,1-3H3,(H,23,25). The Morgan fingerprint density at radius 3 is 2.38 bits per heavy atom. The zero-order valence-corrected chi connectivity index (χ0v) is 15.7. The third-order valence-electron chi connectivity index (χ3n) is 4.70. The van der Waals surface area contributed by atoms with Crippen molar-refractivity contribution in [3.63, 3.8) is 0 Å². The molecule has 2 aromatic rings. The molecule has 0 unspecified atom stereocenters. The van der Waals surface area contributed by atoms with E-state index in [0.29, 0.717) is 12.8 Å². The van der Waals surface area contributed by atoms with Crippen LogP contribution in [0, 0.1) is 0 Å². The van der Waals surface area contributed by atoms with Crippen LogP contribution in [-0.4, -0.2) is 18.4 Å². The summed E-state index contributed by atoms with van der Waals surface area (Å²) in [5.74, 6) is 0.140. The van der Waals surface area contributed by atoms with E-state index in [0.717, 1.165) is 35.5 Å². The van der Waals surface area contributed by atoms with Gasteiger partial charge in [0, 0.05) is 24.3 Å². The summed E-state index contributed by atoms with van der Waals surface area (Å²) in [6.07, 6.45) is 1.85. The normalized spacial score (nSPS) is 14.6. The predicted octanol–water partition coefficient (Wildman–Crippen LogP) is 4.29. The van der Waals surface area contributed by atoms with E-state index < -0.39 is 0 Å². The maximum absolute atomic E-state index is 12.5. The van der Waals surface area contributed by atoms with Crippen molar-refractivity contribution in [3.8, 4) is 0 Å². The first-order valence-corrected chi connectivity index (χ1v) is 9.13. The van der Waals surface area contributed by atoms with E-state index in [-0.39, 0.29) is 17.2 Å². The van der Waals surface area contributed by atoms with Crippen LogP contribution in [0.15, 0.2) is 48.5 Å². The Bertz CT molecular complexity index is 804. The molecular formula is C22H26N2O2. The highest BCUT2D eigenvalue weighted by Gasteiger charge is 2.22. The summed E-state index contributed by atoms with van der Waals surface area (Å²) in [5, 5.41) is 3.04. The summed E-state index contributed by atoms with van der Waals surface area (Å²) in [7, 11) is 0. The maximum Gasteiger partial charge on any atom is 0.228 e. The lowest BCUT2D eigenvalue weighted by Crippen LogP contribution is -2.23. The van der Waals surface area contributed by atoms with Crippen LogP contribution in [0.4, 0.5) is 11.4 Å². The molecule has 1 N–H and O–H groups in total. The van der Waals surface area contributed by atoms with Crippen molar-refractivity contribution in [2.24, 2.45) is 0 Å². The first-order valence-electron chi connectivity index (χ1n) is 9.13. The van der Waals surface area contributed by atoms with Crippen LogP contribution in [0.25, 0.3) is 0 Å². The predicted molar refractivity (Wildman–Crippen MR) is 106 cm³/mol. The summed E-state index contributed by atoms with van der Waals surface area (Å²) in [6, 6.07) is 15.6. The molecule has 136 valence electrons. The molecule has 0 bridgehead atoms. The second-order valence-electron chi connectivity index (χ2n) is 7.84. The number of carbonyl (C=O) groups excluding carboxylic acids is 2. The molecule has 4 heteroatoms. The monoisotopic (exact) mass is 350 g/mol. The Labute approximate surface area is 155 Å². The van der Waals surface area contributed by atoms with Crippen LogP contribution < -0.4 is 10.2 Å². The molecular weight excluding hydrogens is 324 g/mol.